The fourth-order valence-corrected chi connectivity index (χ4v) is 5.18. The highest BCUT2D eigenvalue weighted by Gasteiger charge is 2.40. The molecule has 2 aliphatic rings. The van der Waals surface area contributed by atoms with Crippen LogP contribution in [0.25, 0.3) is 0 Å². The number of rotatable bonds is 8. The molecule has 1 aromatic carbocycles. The molecule has 1 saturated heterocycles. The number of carboxylic acids is 1. The summed E-state index contributed by atoms with van der Waals surface area (Å²) in [6, 6.07) is 3.48. The molecule has 3 rings (SSSR count). The third-order valence-corrected chi connectivity index (χ3v) is 7.20. The van der Waals surface area contributed by atoms with E-state index in [2.05, 4.69) is 30.9 Å². The Labute approximate surface area is 196 Å². The van der Waals surface area contributed by atoms with E-state index in [1.165, 1.54) is 25.1 Å². The lowest BCUT2D eigenvalue weighted by molar-refractivity contribution is -0.141. The predicted octanol–water partition coefficient (Wildman–Crippen LogP) is 3.83. The second-order valence-electron chi connectivity index (χ2n) is 9.75. The van der Waals surface area contributed by atoms with Crippen LogP contribution in [0.4, 0.5) is 4.79 Å². The van der Waals surface area contributed by atoms with Crippen molar-refractivity contribution in [2.24, 2.45) is 17.8 Å². The van der Waals surface area contributed by atoms with Crippen LogP contribution in [-0.2, 0) is 16.0 Å². The Balaban J connectivity index is 1.80. The Morgan fingerprint density at radius 2 is 1.82 bits per heavy atom. The lowest BCUT2D eigenvalue weighted by Gasteiger charge is -2.47. The van der Waals surface area contributed by atoms with E-state index in [1.54, 1.807) is 14.2 Å². The smallest absolute Gasteiger partial charge is 0.410 e. The molecule has 0 spiro atoms. The number of carbonyl (C=O) groups is 2. The van der Waals surface area contributed by atoms with Crippen molar-refractivity contribution in [3.8, 4) is 11.5 Å². The number of hydrogen-bond acceptors (Lipinski definition) is 6. The number of hydrogen-bond donors (Lipinski definition) is 1. The normalized spacial score (nSPS) is 23.3. The zero-order chi connectivity index (χ0) is 24.3. The van der Waals surface area contributed by atoms with Crippen LogP contribution in [0.1, 0.15) is 50.8 Å². The summed E-state index contributed by atoms with van der Waals surface area (Å²) in [6.45, 7) is 8.16. The molecule has 8 nitrogen and oxygen atoms in total. The highest BCUT2D eigenvalue weighted by atomic mass is 16.6. The van der Waals surface area contributed by atoms with E-state index >= 15 is 0 Å². The van der Waals surface area contributed by atoms with Gasteiger partial charge < -0.3 is 19.3 Å². The number of benzene rings is 1. The fourth-order valence-electron chi connectivity index (χ4n) is 5.18. The second-order valence-corrected chi connectivity index (χ2v) is 9.75. The van der Waals surface area contributed by atoms with Crippen molar-refractivity contribution in [1.82, 2.24) is 9.80 Å². The van der Waals surface area contributed by atoms with Gasteiger partial charge in [0, 0.05) is 26.2 Å². The predicted molar refractivity (Wildman–Crippen MR) is 125 cm³/mol. The van der Waals surface area contributed by atoms with Crippen molar-refractivity contribution in [1.29, 1.82) is 0 Å². The highest BCUT2D eigenvalue weighted by Crippen LogP contribution is 2.45. The maximum absolute atomic E-state index is 12.5. The van der Waals surface area contributed by atoms with Crippen molar-refractivity contribution in [3.05, 3.63) is 23.3 Å². The summed E-state index contributed by atoms with van der Waals surface area (Å²) in [5.41, 5.74) is 2.54. The first-order valence-electron chi connectivity index (χ1n) is 11.8. The molecule has 2 heterocycles. The van der Waals surface area contributed by atoms with Gasteiger partial charge in [-0.2, -0.15) is 0 Å². The molecule has 1 fully saturated rings. The molecule has 8 heteroatoms. The Bertz CT molecular complexity index is 858. The highest BCUT2D eigenvalue weighted by molar-refractivity contribution is 5.79. The molecule has 0 bridgehead atoms. The molecule has 3 unspecified atom stereocenters. The molecule has 1 N–H and O–H groups in total. The number of piperidine rings is 1. The minimum Gasteiger partial charge on any atom is -0.493 e. The van der Waals surface area contributed by atoms with Crippen LogP contribution in [0.5, 0.6) is 11.5 Å². The number of ether oxygens (including phenoxy) is 3. The summed E-state index contributed by atoms with van der Waals surface area (Å²) in [5.74, 6) is 1.58. The van der Waals surface area contributed by atoms with E-state index in [9.17, 15) is 14.7 Å². The molecule has 33 heavy (non-hydrogen) atoms. The average Bonchev–Trinajstić information content (AvgIpc) is 2.79. The number of carbonyl (C=O) groups excluding carboxylic acids is 1. The maximum Gasteiger partial charge on any atom is 0.410 e. The molecule has 0 radical (unpaired) electrons. The number of carboxylic acid groups (broad SMARTS) is 1. The average molecular weight is 463 g/mol. The zero-order valence-corrected chi connectivity index (χ0v) is 20.7. The second kappa shape index (κ2) is 10.6. The Kier molecular flexibility index (Phi) is 8.10. The van der Waals surface area contributed by atoms with Gasteiger partial charge in [0.15, 0.2) is 11.5 Å². The van der Waals surface area contributed by atoms with Crippen molar-refractivity contribution in [2.45, 2.75) is 52.1 Å². The molecule has 1 aromatic rings. The van der Waals surface area contributed by atoms with Gasteiger partial charge >= 0.3 is 12.1 Å². The minimum absolute atomic E-state index is 0.199. The number of amides is 1. The Hall–Kier alpha value is -2.48. The molecule has 4 atom stereocenters. The van der Waals surface area contributed by atoms with Crippen LogP contribution in [-0.4, -0.2) is 74.0 Å². The molecule has 0 saturated carbocycles. The van der Waals surface area contributed by atoms with Gasteiger partial charge in [-0.3, -0.25) is 9.80 Å². The number of likely N-dealkylation sites (N-methyl/N-ethyl adjacent to an activating group) is 1. The largest absolute Gasteiger partial charge is 0.493 e. The summed E-state index contributed by atoms with van der Waals surface area (Å²) >= 11 is 0. The third-order valence-electron chi connectivity index (χ3n) is 7.20. The standard InChI is InChI=1S/C25H38N2O6/c1-15(2)9-18-13-27-8-7-17-11-22(31-5)23(32-6)12-20(17)21(27)10-19(18)14-33-25(30)26(4)16(3)24(28)29/h11-12,15-16,18-19,21H,7-10,13-14H2,1-6H3,(H,28,29)/t16-,18?,19?,21?/m1/s1. The van der Waals surface area contributed by atoms with Crippen LogP contribution in [0, 0.1) is 17.8 Å². The summed E-state index contributed by atoms with van der Waals surface area (Å²) < 4.78 is 16.7. The number of nitrogens with zero attached hydrogens (tertiary/aromatic N) is 2. The van der Waals surface area contributed by atoms with E-state index < -0.39 is 18.1 Å². The van der Waals surface area contributed by atoms with E-state index in [1.807, 2.05) is 0 Å². The van der Waals surface area contributed by atoms with Gasteiger partial charge in [0.25, 0.3) is 0 Å². The van der Waals surface area contributed by atoms with E-state index in [0.717, 1.165) is 48.8 Å². The molecule has 1 amide bonds. The Morgan fingerprint density at radius 3 is 2.42 bits per heavy atom. The van der Waals surface area contributed by atoms with E-state index in [-0.39, 0.29) is 12.0 Å². The number of methoxy groups -OCH3 is 2. The third kappa shape index (κ3) is 5.54. The van der Waals surface area contributed by atoms with Gasteiger partial charge in [-0.25, -0.2) is 9.59 Å². The lowest BCUT2D eigenvalue weighted by atomic mass is 9.74. The van der Waals surface area contributed by atoms with Crippen molar-refractivity contribution < 1.29 is 28.9 Å². The molecular weight excluding hydrogens is 424 g/mol. The van der Waals surface area contributed by atoms with Crippen LogP contribution >= 0.6 is 0 Å². The van der Waals surface area contributed by atoms with E-state index in [0.29, 0.717) is 18.4 Å². The number of fused-ring (bicyclic) bond motifs is 3. The van der Waals surface area contributed by atoms with Crippen LogP contribution in [0.15, 0.2) is 12.1 Å². The monoisotopic (exact) mass is 462 g/mol. The molecular formula is C25H38N2O6. The zero-order valence-electron chi connectivity index (χ0n) is 20.7. The minimum atomic E-state index is -1.05. The summed E-state index contributed by atoms with van der Waals surface area (Å²) in [7, 11) is 4.77. The van der Waals surface area contributed by atoms with Gasteiger partial charge in [0.05, 0.1) is 20.8 Å². The van der Waals surface area contributed by atoms with Gasteiger partial charge in [0.1, 0.15) is 6.04 Å². The summed E-state index contributed by atoms with van der Waals surface area (Å²) in [4.78, 5) is 27.4. The van der Waals surface area contributed by atoms with Crippen molar-refractivity contribution in [2.75, 3.05) is 41.0 Å². The topological polar surface area (TPSA) is 88.5 Å². The van der Waals surface area contributed by atoms with Crippen molar-refractivity contribution >= 4 is 12.1 Å². The maximum atomic E-state index is 12.5. The Morgan fingerprint density at radius 1 is 1.15 bits per heavy atom. The lowest BCUT2D eigenvalue weighted by Crippen LogP contribution is -2.48. The number of aliphatic carboxylic acids is 1. The van der Waals surface area contributed by atoms with Gasteiger partial charge in [-0.05, 0) is 67.2 Å². The van der Waals surface area contributed by atoms with Gasteiger partial charge in [0.2, 0.25) is 0 Å². The van der Waals surface area contributed by atoms with Crippen LogP contribution < -0.4 is 9.47 Å². The van der Waals surface area contributed by atoms with Crippen LogP contribution in [0.3, 0.4) is 0 Å². The first-order chi connectivity index (χ1) is 15.7. The molecule has 0 aromatic heterocycles. The quantitative estimate of drug-likeness (QED) is 0.628. The van der Waals surface area contributed by atoms with Crippen LogP contribution in [0.2, 0.25) is 0 Å². The van der Waals surface area contributed by atoms with Gasteiger partial charge in [-0.1, -0.05) is 13.8 Å². The SMILES string of the molecule is COc1cc2c(cc1OC)C1CC(COC(=O)N(C)[C@H](C)C(=O)O)C(CC(C)C)CN1CC2. The summed E-state index contributed by atoms with van der Waals surface area (Å²) in [5, 5.41) is 9.19. The van der Waals surface area contributed by atoms with Crippen molar-refractivity contribution in [3.63, 3.8) is 0 Å². The van der Waals surface area contributed by atoms with Gasteiger partial charge in [-0.15, -0.1) is 0 Å². The molecule has 0 aliphatic carbocycles. The first kappa shape index (κ1) is 25.1. The fraction of sp³-hybridized carbons (Fsp3) is 0.680. The first-order valence-corrected chi connectivity index (χ1v) is 11.8. The molecule has 2 aliphatic heterocycles. The summed E-state index contributed by atoms with van der Waals surface area (Å²) in [6.07, 6.45) is 2.32. The molecule has 184 valence electrons. The van der Waals surface area contributed by atoms with E-state index in [4.69, 9.17) is 14.2 Å².